The number of aryl methyl sites for hydroxylation is 1. The van der Waals surface area contributed by atoms with Gasteiger partial charge in [0.15, 0.2) is 28.9 Å². The number of likely N-dealkylation sites (tertiary alicyclic amines) is 1. The Kier molecular flexibility index (Phi) is 13.3. The Balaban J connectivity index is 0.796. The van der Waals surface area contributed by atoms with E-state index in [2.05, 4.69) is 15.3 Å². The van der Waals surface area contributed by atoms with Crippen molar-refractivity contribution in [1.82, 2.24) is 24.9 Å². The number of urea groups is 1. The van der Waals surface area contributed by atoms with Gasteiger partial charge in [-0.25, -0.2) is 17.6 Å². The number of imide groups is 2. The zero-order chi connectivity index (χ0) is 49.6. The van der Waals surface area contributed by atoms with Crippen molar-refractivity contribution in [2.75, 3.05) is 74.8 Å². The van der Waals surface area contributed by atoms with Crippen LogP contribution in [0.4, 0.5) is 29.5 Å². The second-order valence-corrected chi connectivity index (χ2v) is 20.6. The monoisotopic (exact) mass is 985 g/mol. The molecule has 370 valence electrons. The van der Waals surface area contributed by atoms with Crippen molar-refractivity contribution >= 4 is 56.0 Å². The molecule has 3 fully saturated rings. The number of sulfone groups is 1. The molecule has 0 aliphatic carbocycles. The van der Waals surface area contributed by atoms with Crippen LogP contribution in [0.3, 0.4) is 0 Å². The van der Waals surface area contributed by atoms with Crippen molar-refractivity contribution in [3.63, 3.8) is 0 Å². The highest BCUT2D eigenvalue weighted by Crippen LogP contribution is 2.42. The lowest BCUT2D eigenvalue weighted by atomic mass is 9.78. The van der Waals surface area contributed by atoms with Gasteiger partial charge < -0.3 is 19.1 Å². The topological polar surface area (TPSA) is 173 Å². The van der Waals surface area contributed by atoms with Gasteiger partial charge in [-0.05, 0) is 118 Å². The summed E-state index contributed by atoms with van der Waals surface area (Å²) in [5, 5.41) is 6.94. The summed E-state index contributed by atoms with van der Waals surface area (Å²) >= 11 is 0. The average molecular weight is 986 g/mol. The van der Waals surface area contributed by atoms with E-state index in [4.69, 9.17) is 14.2 Å². The fourth-order valence-electron chi connectivity index (χ4n) is 10.4. The average Bonchev–Trinajstić information content (AvgIpc) is 3.78. The molecule has 1 atom stereocenters. The van der Waals surface area contributed by atoms with Gasteiger partial charge in [-0.1, -0.05) is 12.1 Å². The highest BCUT2D eigenvalue weighted by Gasteiger charge is 2.45. The number of methoxy groups -OCH3 is 1. The van der Waals surface area contributed by atoms with E-state index >= 15 is 13.2 Å². The van der Waals surface area contributed by atoms with E-state index in [1.807, 2.05) is 6.07 Å². The van der Waals surface area contributed by atoms with Crippen molar-refractivity contribution in [3.05, 3.63) is 101 Å². The Labute approximate surface area is 403 Å². The van der Waals surface area contributed by atoms with Crippen molar-refractivity contribution in [2.24, 2.45) is 18.9 Å². The molecule has 20 heteroatoms. The Morgan fingerprint density at radius 2 is 1.56 bits per heavy atom. The van der Waals surface area contributed by atoms with Crippen molar-refractivity contribution in [2.45, 2.75) is 51.0 Å². The molecular weight excluding hydrogens is 932 g/mol. The summed E-state index contributed by atoms with van der Waals surface area (Å²) in [6.07, 6.45) is 4.29. The van der Waals surface area contributed by atoms with E-state index in [1.54, 1.807) is 49.2 Å². The first-order valence-corrected chi connectivity index (χ1v) is 25.4. The van der Waals surface area contributed by atoms with Gasteiger partial charge in [0.1, 0.15) is 15.6 Å². The first kappa shape index (κ1) is 48.4. The number of halogens is 3. The van der Waals surface area contributed by atoms with E-state index in [0.717, 1.165) is 36.8 Å². The number of carbonyl (C=O) groups excluding carboxylic acids is 4. The highest BCUT2D eigenvalue weighted by atomic mass is 32.2. The molecule has 5 aromatic rings. The SMILES string of the molecule is CCOc1cc([C@@H](CS(C)(=O)=O)N2C(=O)c3cccc(N4CCC(C5CCN(CC(F)(F)c6ccc(Oc7cc8c(cc7F)c(N7CCC(=O)NC7=O)nn8C)cc6)CC5)CC4)c3C2=O)ccc1OC. The molecule has 3 saturated heterocycles. The Morgan fingerprint density at radius 1 is 0.857 bits per heavy atom. The van der Waals surface area contributed by atoms with Gasteiger partial charge in [-0.3, -0.25) is 39.1 Å². The van der Waals surface area contributed by atoms with E-state index in [1.165, 1.54) is 53.1 Å². The second-order valence-electron chi connectivity index (χ2n) is 18.4. The molecule has 5 heterocycles. The van der Waals surface area contributed by atoms with Gasteiger partial charge in [-0.2, -0.15) is 13.9 Å². The first-order chi connectivity index (χ1) is 33.4. The number of hydrogen-bond donors (Lipinski definition) is 1. The summed E-state index contributed by atoms with van der Waals surface area (Å²) in [6, 6.07) is 16.2. The predicted molar refractivity (Wildman–Crippen MR) is 254 cm³/mol. The molecule has 0 radical (unpaired) electrons. The maximum Gasteiger partial charge on any atom is 0.329 e. The lowest BCUT2D eigenvalue weighted by molar-refractivity contribution is -0.120. The van der Waals surface area contributed by atoms with Crippen molar-refractivity contribution in [1.29, 1.82) is 0 Å². The zero-order valence-electron chi connectivity index (χ0n) is 39.3. The normalized spacial score (nSPS) is 18.1. The van der Waals surface area contributed by atoms with Gasteiger partial charge in [0.05, 0.1) is 54.4 Å². The van der Waals surface area contributed by atoms with Crippen LogP contribution in [0, 0.1) is 17.7 Å². The minimum atomic E-state index is -3.68. The summed E-state index contributed by atoms with van der Waals surface area (Å²) in [7, 11) is -0.568. The van der Waals surface area contributed by atoms with Crippen LogP contribution in [0.1, 0.15) is 76.9 Å². The molecule has 0 unspecified atom stereocenters. The van der Waals surface area contributed by atoms with Gasteiger partial charge in [0.2, 0.25) is 5.91 Å². The number of anilines is 2. The maximum atomic E-state index is 15.8. The molecule has 0 bridgehead atoms. The van der Waals surface area contributed by atoms with Crippen LogP contribution in [0.5, 0.6) is 23.0 Å². The molecule has 5 amide bonds. The van der Waals surface area contributed by atoms with Crippen LogP contribution in [0.2, 0.25) is 0 Å². The molecule has 9 rings (SSSR count). The standard InChI is InChI=1S/C50H54F3N7O9S/c1-5-68-43-25-32(9-14-41(43)67-3)40(28-70(4,65)66)60-47(62)35-7-6-8-38(45(35)48(60)63)58-22-17-31(18-23-58)30-15-20-57(21-16-30)29-50(52,53)33-10-12-34(13-11-33)69-42-27-39-36(26-37(42)51)46(55-56(39)2)59-24-19-44(61)54-49(59)64/h6-14,25-27,30-31,40H,5,15-24,28-29H2,1-4H3,(H,54,61,64)/t40-/m1/s1. The molecule has 1 aromatic heterocycles. The number of benzene rings is 4. The third kappa shape index (κ3) is 9.62. The van der Waals surface area contributed by atoms with E-state index < -0.39 is 63.7 Å². The van der Waals surface area contributed by atoms with E-state index in [9.17, 15) is 27.6 Å². The largest absolute Gasteiger partial charge is 0.493 e. The number of carbonyl (C=O) groups is 4. The zero-order valence-corrected chi connectivity index (χ0v) is 40.1. The van der Waals surface area contributed by atoms with Crippen LogP contribution in [-0.2, 0) is 27.6 Å². The minimum Gasteiger partial charge on any atom is -0.493 e. The molecule has 4 aliphatic rings. The molecule has 70 heavy (non-hydrogen) atoms. The number of aromatic nitrogens is 2. The molecule has 0 saturated carbocycles. The Morgan fingerprint density at radius 3 is 2.21 bits per heavy atom. The lowest BCUT2D eigenvalue weighted by Gasteiger charge is -2.41. The lowest BCUT2D eigenvalue weighted by Crippen LogP contribution is -2.49. The highest BCUT2D eigenvalue weighted by molar-refractivity contribution is 7.90. The summed E-state index contributed by atoms with van der Waals surface area (Å²) in [5.74, 6) is -4.29. The summed E-state index contributed by atoms with van der Waals surface area (Å²) < 4.78 is 90.9. The number of fused-ring (bicyclic) bond motifs is 2. The first-order valence-electron chi connectivity index (χ1n) is 23.3. The number of alkyl halides is 2. The molecule has 4 aliphatic heterocycles. The molecular formula is C50H54F3N7O9S. The van der Waals surface area contributed by atoms with Crippen LogP contribution >= 0.6 is 0 Å². The molecule has 4 aromatic carbocycles. The van der Waals surface area contributed by atoms with Crippen LogP contribution in [0.25, 0.3) is 10.9 Å². The van der Waals surface area contributed by atoms with Gasteiger partial charge in [0, 0.05) is 56.4 Å². The summed E-state index contributed by atoms with van der Waals surface area (Å²) in [6.45, 7) is 4.00. The Hall–Kier alpha value is -6.67. The van der Waals surface area contributed by atoms with Crippen molar-refractivity contribution < 1.29 is 55.0 Å². The van der Waals surface area contributed by atoms with Crippen LogP contribution in [-0.4, -0.2) is 117 Å². The number of rotatable bonds is 15. The second kappa shape index (κ2) is 19.3. The number of nitrogens with zero attached hydrogens (tertiary/aromatic N) is 6. The molecule has 16 nitrogen and oxygen atoms in total. The third-order valence-corrected chi connectivity index (χ3v) is 14.8. The number of nitrogens with one attached hydrogen (secondary N) is 1. The summed E-state index contributed by atoms with van der Waals surface area (Å²) in [4.78, 5) is 58.7. The number of piperidine rings is 2. The number of ether oxygens (including phenoxy) is 3. The molecule has 0 spiro atoms. The van der Waals surface area contributed by atoms with Gasteiger partial charge in [0.25, 0.3) is 17.7 Å². The van der Waals surface area contributed by atoms with E-state index in [-0.39, 0.29) is 47.0 Å². The summed E-state index contributed by atoms with van der Waals surface area (Å²) in [5.41, 5.74) is 1.76. The predicted octanol–water partition coefficient (Wildman–Crippen LogP) is 7.46. The fourth-order valence-corrected chi connectivity index (χ4v) is 11.3. The quantitative estimate of drug-likeness (QED) is 0.103. The Bertz CT molecular complexity index is 2970. The van der Waals surface area contributed by atoms with Crippen molar-refractivity contribution in [3.8, 4) is 23.0 Å². The maximum absolute atomic E-state index is 15.8. The van der Waals surface area contributed by atoms with Crippen LogP contribution in [0.15, 0.2) is 72.8 Å². The third-order valence-electron chi connectivity index (χ3n) is 13.9. The fraction of sp³-hybridized carbons (Fsp3) is 0.420. The number of hydrogen-bond acceptors (Lipinski definition) is 12. The minimum absolute atomic E-state index is 0.0749. The van der Waals surface area contributed by atoms with Crippen LogP contribution < -0.4 is 29.3 Å². The number of amides is 5. The van der Waals surface area contributed by atoms with Gasteiger partial charge >= 0.3 is 6.03 Å². The van der Waals surface area contributed by atoms with Gasteiger partial charge in [-0.15, -0.1) is 0 Å². The van der Waals surface area contributed by atoms with E-state index in [0.29, 0.717) is 78.3 Å². The molecule has 1 N–H and O–H groups in total. The smallest absolute Gasteiger partial charge is 0.329 e.